The van der Waals surface area contributed by atoms with Gasteiger partial charge in [0.25, 0.3) is 0 Å². The minimum atomic E-state index is 0. The highest BCUT2D eigenvalue weighted by Gasteiger charge is 2.22. The Kier molecular flexibility index (Phi) is 9.19. The van der Waals surface area contributed by atoms with Gasteiger partial charge in [0.15, 0.2) is 11.8 Å². The molecule has 1 atom stereocenters. The number of methoxy groups -OCH3 is 1. The average molecular weight is 522 g/mol. The molecule has 3 heterocycles. The largest absolute Gasteiger partial charge is 0.475 e. The molecule has 9 nitrogen and oxygen atoms in total. The van der Waals surface area contributed by atoms with Crippen LogP contribution in [0.2, 0.25) is 5.02 Å². The second-order valence-corrected chi connectivity index (χ2v) is 6.48. The molecule has 2 aromatic heterocycles. The number of ether oxygens (including phenoxy) is 2. The molecule has 0 saturated heterocycles. The molecular formula is C17H25ClIN7O2. The second kappa shape index (κ2) is 11.4. The zero-order valence-corrected chi connectivity index (χ0v) is 19.0. The van der Waals surface area contributed by atoms with E-state index in [9.17, 15) is 0 Å². The van der Waals surface area contributed by atoms with Crippen LogP contribution in [0.15, 0.2) is 23.3 Å². The number of guanidine groups is 1. The summed E-state index contributed by atoms with van der Waals surface area (Å²) >= 11 is 6.02. The van der Waals surface area contributed by atoms with E-state index in [1.54, 1.807) is 32.5 Å². The Morgan fingerprint density at radius 3 is 3.07 bits per heavy atom. The summed E-state index contributed by atoms with van der Waals surface area (Å²) in [6, 6.07) is 3.74. The Morgan fingerprint density at radius 1 is 1.46 bits per heavy atom. The summed E-state index contributed by atoms with van der Waals surface area (Å²) in [5.41, 5.74) is 0. The third-order valence-corrected chi connectivity index (χ3v) is 4.39. The summed E-state index contributed by atoms with van der Waals surface area (Å²) < 4.78 is 12.6. The van der Waals surface area contributed by atoms with Crippen LogP contribution in [0.4, 0.5) is 0 Å². The summed E-state index contributed by atoms with van der Waals surface area (Å²) in [6.45, 7) is 2.18. The van der Waals surface area contributed by atoms with Crippen LogP contribution >= 0.6 is 35.6 Å². The average Bonchev–Trinajstić information content (AvgIpc) is 3.07. The quantitative estimate of drug-likeness (QED) is 0.247. The van der Waals surface area contributed by atoms with E-state index >= 15 is 0 Å². The Bertz CT molecular complexity index is 787. The van der Waals surface area contributed by atoms with Gasteiger partial charge in [-0.1, -0.05) is 11.6 Å². The van der Waals surface area contributed by atoms with Crippen LogP contribution in [0.25, 0.3) is 0 Å². The highest BCUT2D eigenvalue weighted by Crippen LogP contribution is 2.19. The van der Waals surface area contributed by atoms with Crippen molar-refractivity contribution in [2.75, 3.05) is 27.3 Å². The molecule has 1 unspecified atom stereocenters. The second-order valence-electron chi connectivity index (χ2n) is 6.08. The van der Waals surface area contributed by atoms with Crippen LogP contribution in [-0.4, -0.2) is 59.1 Å². The van der Waals surface area contributed by atoms with Crippen molar-refractivity contribution < 1.29 is 9.47 Å². The van der Waals surface area contributed by atoms with Crippen molar-refractivity contribution in [1.29, 1.82) is 0 Å². The summed E-state index contributed by atoms with van der Waals surface area (Å²) in [6.07, 6.45) is 3.48. The molecule has 2 aromatic rings. The first-order valence-corrected chi connectivity index (χ1v) is 9.19. The first-order valence-electron chi connectivity index (χ1n) is 8.81. The fourth-order valence-electron chi connectivity index (χ4n) is 2.85. The zero-order valence-electron chi connectivity index (χ0n) is 15.9. The third-order valence-electron chi connectivity index (χ3n) is 4.10. The van der Waals surface area contributed by atoms with Gasteiger partial charge in [0.2, 0.25) is 5.88 Å². The molecule has 3 rings (SSSR count). The standard InChI is InChI=1S/C17H24ClN7O2.HI/c1-19-17(21-8-9-27-16-13(18)4-3-7-20-16)22-12-5-6-15-23-14(11-26-2)24-25(15)10-12;/h3-4,7,12H,5-6,8-11H2,1-2H3,(H2,19,21,22);1H. The normalized spacial score (nSPS) is 16.1. The van der Waals surface area contributed by atoms with E-state index in [1.807, 2.05) is 4.68 Å². The highest BCUT2D eigenvalue weighted by atomic mass is 127. The molecule has 0 saturated carbocycles. The van der Waals surface area contributed by atoms with Crippen LogP contribution in [0.5, 0.6) is 5.88 Å². The maximum Gasteiger partial charge on any atom is 0.232 e. The molecule has 0 spiro atoms. The van der Waals surface area contributed by atoms with E-state index in [2.05, 4.69) is 30.7 Å². The monoisotopic (exact) mass is 521 g/mol. The number of aliphatic imine (C=N–C) groups is 1. The summed E-state index contributed by atoms with van der Waals surface area (Å²) in [7, 11) is 3.39. The van der Waals surface area contributed by atoms with Gasteiger partial charge in [-0.25, -0.2) is 14.6 Å². The van der Waals surface area contributed by atoms with Crippen molar-refractivity contribution in [1.82, 2.24) is 30.4 Å². The molecular weight excluding hydrogens is 497 g/mol. The van der Waals surface area contributed by atoms with Crippen LogP contribution in [0, 0.1) is 0 Å². The number of aryl methyl sites for hydroxylation is 1. The van der Waals surface area contributed by atoms with Crippen molar-refractivity contribution in [3.8, 4) is 5.88 Å². The number of pyridine rings is 1. The van der Waals surface area contributed by atoms with E-state index in [-0.39, 0.29) is 30.0 Å². The predicted octanol–water partition coefficient (Wildman–Crippen LogP) is 1.65. The van der Waals surface area contributed by atoms with Gasteiger partial charge < -0.3 is 20.1 Å². The van der Waals surface area contributed by atoms with Gasteiger partial charge in [-0.05, 0) is 18.6 Å². The van der Waals surface area contributed by atoms with Crippen molar-refractivity contribution in [2.24, 2.45) is 4.99 Å². The summed E-state index contributed by atoms with van der Waals surface area (Å²) in [5.74, 6) is 2.88. The van der Waals surface area contributed by atoms with Gasteiger partial charge in [0.05, 0.1) is 13.1 Å². The Hall–Kier alpha value is -1.66. The fourth-order valence-corrected chi connectivity index (χ4v) is 3.03. The minimum Gasteiger partial charge on any atom is -0.475 e. The number of halogens is 2. The first-order chi connectivity index (χ1) is 13.2. The Balaban J connectivity index is 0.00000280. The molecule has 28 heavy (non-hydrogen) atoms. The molecule has 0 amide bonds. The van der Waals surface area contributed by atoms with E-state index in [0.29, 0.717) is 30.7 Å². The maximum absolute atomic E-state index is 6.02. The first kappa shape index (κ1) is 22.6. The van der Waals surface area contributed by atoms with E-state index in [4.69, 9.17) is 21.1 Å². The number of hydrogen-bond acceptors (Lipinski definition) is 6. The van der Waals surface area contributed by atoms with Crippen LogP contribution < -0.4 is 15.4 Å². The molecule has 0 bridgehead atoms. The lowest BCUT2D eigenvalue weighted by Gasteiger charge is -2.25. The molecule has 1 aliphatic rings. The lowest BCUT2D eigenvalue weighted by atomic mass is 10.1. The summed E-state index contributed by atoms with van der Waals surface area (Å²) in [5, 5.41) is 11.6. The van der Waals surface area contributed by atoms with E-state index in [0.717, 1.165) is 37.0 Å². The zero-order chi connectivity index (χ0) is 19.1. The van der Waals surface area contributed by atoms with Gasteiger partial charge in [0.1, 0.15) is 24.1 Å². The van der Waals surface area contributed by atoms with Gasteiger partial charge in [-0.15, -0.1) is 24.0 Å². The van der Waals surface area contributed by atoms with E-state index < -0.39 is 0 Å². The molecule has 0 fully saturated rings. The van der Waals surface area contributed by atoms with Gasteiger partial charge >= 0.3 is 0 Å². The smallest absolute Gasteiger partial charge is 0.232 e. The van der Waals surface area contributed by atoms with Crippen molar-refractivity contribution >= 4 is 41.5 Å². The van der Waals surface area contributed by atoms with Gasteiger partial charge in [0, 0.05) is 32.8 Å². The number of hydrogen-bond donors (Lipinski definition) is 2. The topological polar surface area (TPSA) is 98.5 Å². The Labute approximate surface area is 186 Å². The third kappa shape index (κ3) is 6.17. The molecule has 11 heteroatoms. The van der Waals surface area contributed by atoms with Crippen LogP contribution in [0.1, 0.15) is 18.1 Å². The lowest BCUT2D eigenvalue weighted by Crippen LogP contribution is -2.47. The number of fused-ring (bicyclic) bond motifs is 1. The van der Waals surface area contributed by atoms with Gasteiger partial charge in [-0.2, -0.15) is 5.10 Å². The maximum atomic E-state index is 6.02. The highest BCUT2D eigenvalue weighted by molar-refractivity contribution is 14.0. The number of nitrogens with zero attached hydrogens (tertiary/aromatic N) is 5. The molecule has 0 radical (unpaired) electrons. The molecule has 0 aliphatic carbocycles. The van der Waals surface area contributed by atoms with Gasteiger partial charge in [-0.3, -0.25) is 4.99 Å². The van der Waals surface area contributed by atoms with Crippen molar-refractivity contribution in [3.63, 3.8) is 0 Å². The Morgan fingerprint density at radius 2 is 2.32 bits per heavy atom. The van der Waals surface area contributed by atoms with E-state index in [1.165, 1.54) is 0 Å². The molecule has 2 N–H and O–H groups in total. The van der Waals surface area contributed by atoms with Crippen LogP contribution in [-0.2, 0) is 24.3 Å². The molecule has 0 aromatic carbocycles. The van der Waals surface area contributed by atoms with Crippen molar-refractivity contribution in [3.05, 3.63) is 35.0 Å². The number of rotatable bonds is 7. The molecule has 154 valence electrons. The summed E-state index contributed by atoms with van der Waals surface area (Å²) in [4.78, 5) is 12.9. The van der Waals surface area contributed by atoms with Crippen LogP contribution in [0.3, 0.4) is 0 Å². The number of nitrogens with one attached hydrogen (secondary N) is 2. The predicted molar refractivity (Wildman–Crippen MR) is 117 cm³/mol. The minimum absolute atomic E-state index is 0. The fraction of sp³-hybridized carbons (Fsp3) is 0.529. The number of aromatic nitrogens is 4. The lowest BCUT2D eigenvalue weighted by molar-refractivity contribution is 0.177. The molecule has 1 aliphatic heterocycles. The SMILES string of the molecule is CN=C(NCCOc1ncccc1Cl)NC1CCc2nc(COC)nn2C1.I. The van der Waals surface area contributed by atoms with Crippen molar-refractivity contribution in [2.45, 2.75) is 32.0 Å².